The van der Waals surface area contributed by atoms with E-state index in [0.717, 1.165) is 17.8 Å². The van der Waals surface area contributed by atoms with Crippen molar-refractivity contribution in [2.24, 2.45) is 16.8 Å². The van der Waals surface area contributed by atoms with Gasteiger partial charge in [0.2, 0.25) is 5.91 Å². The van der Waals surface area contributed by atoms with E-state index in [0.29, 0.717) is 23.3 Å². The zero-order valence-corrected chi connectivity index (χ0v) is 20.2. The van der Waals surface area contributed by atoms with E-state index in [9.17, 15) is 27.2 Å². The van der Waals surface area contributed by atoms with Crippen LogP contribution in [0.25, 0.3) is 10.2 Å². The van der Waals surface area contributed by atoms with Gasteiger partial charge in [-0.25, -0.2) is 12.8 Å². The summed E-state index contributed by atoms with van der Waals surface area (Å²) < 4.78 is 45.1. The lowest BCUT2D eigenvalue weighted by molar-refractivity contribution is -0.141. The third-order valence-electron chi connectivity index (χ3n) is 5.29. The number of sulfone groups is 1. The van der Waals surface area contributed by atoms with Crippen LogP contribution in [0.2, 0.25) is 0 Å². The molecule has 2 heterocycles. The monoisotopic (exact) mass is 499 g/mol. The molecule has 180 valence electrons. The van der Waals surface area contributed by atoms with Crippen LogP contribution < -0.4 is 4.80 Å². The van der Waals surface area contributed by atoms with Crippen molar-refractivity contribution in [1.82, 2.24) is 9.47 Å². The van der Waals surface area contributed by atoms with E-state index in [1.165, 1.54) is 34.8 Å². The van der Waals surface area contributed by atoms with Gasteiger partial charge in [-0.2, -0.15) is 4.99 Å². The molecule has 1 fully saturated rings. The van der Waals surface area contributed by atoms with Gasteiger partial charge in [0.25, 0.3) is 5.91 Å². The Hall–Kier alpha value is -2.60. The Labute approximate surface area is 194 Å². The zero-order chi connectivity index (χ0) is 24.3. The van der Waals surface area contributed by atoms with Crippen molar-refractivity contribution in [3.63, 3.8) is 0 Å². The molecule has 2 unspecified atom stereocenters. The number of ether oxygens (including phenoxy) is 1. The summed E-state index contributed by atoms with van der Waals surface area (Å²) in [5.41, 5.74) is 0.449. The minimum Gasteiger partial charge on any atom is -0.468 e. The molecule has 0 saturated carbocycles. The Kier molecular flexibility index (Phi) is 7.68. The number of hydrogen-bond donors (Lipinski definition) is 0. The second-order valence-electron chi connectivity index (χ2n) is 8.44. The van der Waals surface area contributed by atoms with Gasteiger partial charge in [-0.3, -0.25) is 14.4 Å². The third-order valence-corrected chi connectivity index (χ3v) is 7.70. The number of esters is 1. The summed E-state index contributed by atoms with van der Waals surface area (Å²) in [6, 6.07) is 3.86. The molecule has 12 heteroatoms. The standard InChI is InChI=1S/C21H26FN3O6S2/c1-13-6-14(2)9-24(8-13)19(27)12-33(29,30)11-18(26)23-21-25(10-20(28)31-3)16-5-4-15(22)7-17(16)32-21/h4-5,7,13-14H,6,8-12H2,1-3H3. The first-order chi connectivity index (χ1) is 15.5. The lowest BCUT2D eigenvalue weighted by atomic mass is 9.92. The number of amides is 2. The van der Waals surface area contributed by atoms with E-state index in [2.05, 4.69) is 9.73 Å². The molecule has 0 N–H and O–H groups in total. The molecule has 0 radical (unpaired) electrons. The van der Waals surface area contributed by atoms with Gasteiger partial charge in [0.15, 0.2) is 14.6 Å². The Bertz CT molecular complexity index is 1240. The number of carbonyl (C=O) groups is 3. The molecular formula is C21H26FN3O6S2. The van der Waals surface area contributed by atoms with Crippen LogP contribution in [0.3, 0.4) is 0 Å². The molecule has 2 atom stereocenters. The number of hydrogen-bond acceptors (Lipinski definition) is 7. The molecule has 1 saturated heterocycles. The van der Waals surface area contributed by atoms with Crippen LogP contribution >= 0.6 is 11.3 Å². The minimum atomic E-state index is -4.05. The van der Waals surface area contributed by atoms with E-state index < -0.39 is 44.9 Å². The topological polar surface area (TPSA) is 115 Å². The van der Waals surface area contributed by atoms with Crippen LogP contribution in [-0.4, -0.2) is 67.4 Å². The van der Waals surface area contributed by atoms with Gasteiger partial charge in [0, 0.05) is 13.1 Å². The molecule has 9 nitrogen and oxygen atoms in total. The number of rotatable bonds is 6. The molecule has 1 aliphatic heterocycles. The summed E-state index contributed by atoms with van der Waals surface area (Å²) in [5, 5.41) is 0. The molecule has 3 rings (SSSR count). The number of aromatic nitrogens is 1. The number of nitrogens with zero attached hydrogens (tertiary/aromatic N) is 3. The predicted octanol–water partition coefficient (Wildman–Crippen LogP) is 1.36. The van der Waals surface area contributed by atoms with Gasteiger partial charge in [-0.15, -0.1) is 0 Å². The van der Waals surface area contributed by atoms with Gasteiger partial charge in [-0.1, -0.05) is 25.2 Å². The fraction of sp³-hybridized carbons (Fsp3) is 0.524. The Morgan fingerprint density at radius 1 is 1.18 bits per heavy atom. The Balaban J connectivity index is 1.81. The second kappa shape index (κ2) is 10.1. The molecule has 33 heavy (non-hydrogen) atoms. The van der Waals surface area contributed by atoms with Gasteiger partial charge in [-0.05, 0) is 36.5 Å². The molecule has 1 aromatic heterocycles. The Morgan fingerprint density at radius 2 is 1.85 bits per heavy atom. The molecule has 2 aromatic rings. The summed E-state index contributed by atoms with van der Waals surface area (Å²) in [5.74, 6) is -3.79. The summed E-state index contributed by atoms with van der Waals surface area (Å²) in [4.78, 5) is 42.2. The van der Waals surface area contributed by atoms with Crippen LogP contribution in [-0.2, 0) is 35.5 Å². The lowest BCUT2D eigenvalue weighted by Crippen LogP contribution is -2.45. The highest BCUT2D eigenvalue weighted by Crippen LogP contribution is 2.21. The normalized spacial score (nSPS) is 19.6. The van der Waals surface area contributed by atoms with Crippen molar-refractivity contribution in [1.29, 1.82) is 0 Å². The first-order valence-electron chi connectivity index (χ1n) is 10.4. The average Bonchev–Trinajstić information content (AvgIpc) is 3.01. The van der Waals surface area contributed by atoms with E-state index in [4.69, 9.17) is 0 Å². The van der Waals surface area contributed by atoms with E-state index in [-0.39, 0.29) is 23.2 Å². The van der Waals surface area contributed by atoms with Gasteiger partial charge < -0.3 is 14.2 Å². The third kappa shape index (κ3) is 6.47. The van der Waals surface area contributed by atoms with Gasteiger partial charge in [0.05, 0.1) is 17.3 Å². The van der Waals surface area contributed by atoms with Crippen LogP contribution in [0.4, 0.5) is 4.39 Å². The number of piperidine rings is 1. The van der Waals surface area contributed by atoms with Crippen molar-refractivity contribution < 1.29 is 31.9 Å². The summed E-state index contributed by atoms with van der Waals surface area (Å²) in [6.45, 7) is 4.71. The number of benzene rings is 1. The van der Waals surface area contributed by atoms with Gasteiger partial charge >= 0.3 is 5.97 Å². The quantitative estimate of drug-likeness (QED) is 0.555. The highest BCUT2D eigenvalue weighted by atomic mass is 32.2. The second-order valence-corrected chi connectivity index (χ2v) is 11.5. The number of methoxy groups -OCH3 is 1. The fourth-order valence-electron chi connectivity index (χ4n) is 4.00. The van der Waals surface area contributed by atoms with E-state index in [1.54, 1.807) is 0 Å². The number of halogens is 1. The van der Waals surface area contributed by atoms with E-state index >= 15 is 0 Å². The SMILES string of the molecule is COC(=O)Cn1c(=NC(=O)CS(=O)(=O)CC(=O)N2CC(C)CC(C)C2)sc2cc(F)ccc21. The smallest absolute Gasteiger partial charge is 0.325 e. The molecule has 0 spiro atoms. The van der Waals surface area contributed by atoms with Crippen LogP contribution in [0, 0.1) is 17.7 Å². The average molecular weight is 500 g/mol. The number of thiazole rings is 1. The maximum absolute atomic E-state index is 13.6. The highest BCUT2D eigenvalue weighted by Gasteiger charge is 2.29. The largest absolute Gasteiger partial charge is 0.468 e. The van der Waals surface area contributed by atoms with Crippen LogP contribution in [0.1, 0.15) is 20.3 Å². The van der Waals surface area contributed by atoms with Crippen molar-refractivity contribution in [3.8, 4) is 0 Å². The van der Waals surface area contributed by atoms with Gasteiger partial charge in [0.1, 0.15) is 23.9 Å². The molecule has 2 amide bonds. The lowest BCUT2D eigenvalue weighted by Gasteiger charge is -2.34. The predicted molar refractivity (Wildman–Crippen MR) is 121 cm³/mol. The molecule has 1 aliphatic rings. The molecule has 0 bridgehead atoms. The highest BCUT2D eigenvalue weighted by molar-refractivity contribution is 7.92. The number of fused-ring (bicyclic) bond motifs is 1. The zero-order valence-electron chi connectivity index (χ0n) is 18.6. The van der Waals surface area contributed by atoms with Crippen LogP contribution in [0.15, 0.2) is 23.2 Å². The van der Waals surface area contributed by atoms with Crippen LogP contribution in [0.5, 0.6) is 0 Å². The van der Waals surface area contributed by atoms with E-state index in [1.807, 2.05) is 13.8 Å². The summed E-state index contributed by atoms with van der Waals surface area (Å²) in [7, 11) is -2.85. The number of likely N-dealkylation sites (tertiary alicyclic amines) is 1. The van der Waals surface area contributed by atoms with Crippen molar-refractivity contribution in [2.75, 3.05) is 31.7 Å². The first kappa shape index (κ1) is 25.0. The van der Waals surface area contributed by atoms with Crippen molar-refractivity contribution in [3.05, 3.63) is 28.8 Å². The summed E-state index contributed by atoms with van der Waals surface area (Å²) >= 11 is 0.940. The fourth-order valence-corrected chi connectivity index (χ4v) is 6.18. The first-order valence-corrected chi connectivity index (χ1v) is 13.0. The maximum Gasteiger partial charge on any atom is 0.325 e. The summed E-state index contributed by atoms with van der Waals surface area (Å²) in [6.07, 6.45) is 0.971. The molecule has 0 aliphatic carbocycles. The Morgan fingerprint density at radius 3 is 2.48 bits per heavy atom. The maximum atomic E-state index is 13.6. The number of carbonyl (C=O) groups excluding carboxylic acids is 3. The van der Waals surface area contributed by atoms with Crippen molar-refractivity contribution in [2.45, 2.75) is 26.8 Å². The minimum absolute atomic E-state index is 0.0335. The molecular weight excluding hydrogens is 473 g/mol. The van der Waals surface area contributed by atoms with Crippen molar-refractivity contribution >= 4 is 49.2 Å². The molecule has 1 aromatic carbocycles.